The molecule has 1 aromatic rings. The number of amidine groups is 1. The number of halogens is 1. The predicted octanol–water partition coefficient (Wildman–Crippen LogP) is 2.23. The Labute approximate surface area is 101 Å². The summed E-state index contributed by atoms with van der Waals surface area (Å²) in [4.78, 5) is 4.31. The maximum atomic E-state index is 5.22. The fourth-order valence-corrected chi connectivity index (χ4v) is 1.53. The normalized spacial score (nSPS) is 13.7. The van der Waals surface area contributed by atoms with E-state index in [-0.39, 0.29) is 12.4 Å². The van der Waals surface area contributed by atoms with Crippen LogP contribution in [0.2, 0.25) is 0 Å². The first-order valence-electron chi connectivity index (χ1n) is 5.08. The largest absolute Gasteiger partial charge is 0.495 e. The van der Waals surface area contributed by atoms with Crippen molar-refractivity contribution < 1.29 is 4.74 Å². The molecule has 2 N–H and O–H groups in total. The van der Waals surface area contributed by atoms with Crippen LogP contribution in [0.5, 0.6) is 5.75 Å². The molecule has 1 aromatic carbocycles. The number of benzene rings is 1. The third kappa shape index (κ3) is 3.03. The van der Waals surface area contributed by atoms with Gasteiger partial charge in [-0.05, 0) is 18.6 Å². The van der Waals surface area contributed by atoms with Gasteiger partial charge in [-0.3, -0.25) is 15.8 Å². The molecule has 0 aliphatic carbocycles. The molecule has 0 unspecified atom stereocenters. The second kappa shape index (κ2) is 6.23. The van der Waals surface area contributed by atoms with E-state index in [1.807, 2.05) is 24.3 Å². The van der Waals surface area contributed by atoms with E-state index in [0.717, 1.165) is 36.7 Å². The minimum atomic E-state index is 0. The van der Waals surface area contributed by atoms with E-state index in [9.17, 15) is 0 Å². The highest BCUT2D eigenvalue weighted by Crippen LogP contribution is 2.22. The molecule has 2 rings (SSSR count). The molecule has 0 atom stereocenters. The Morgan fingerprint density at radius 2 is 2.06 bits per heavy atom. The molecule has 0 saturated carbocycles. The molecule has 16 heavy (non-hydrogen) atoms. The van der Waals surface area contributed by atoms with Crippen molar-refractivity contribution in [2.75, 3.05) is 19.1 Å². The summed E-state index contributed by atoms with van der Waals surface area (Å²) in [6.07, 6.45) is 2.15. The molecule has 88 valence electrons. The van der Waals surface area contributed by atoms with Gasteiger partial charge in [0.15, 0.2) is 0 Å². The number of anilines is 1. The van der Waals surface area contributed by atoms with Gasteiger partial charge in [0.2, 0.25) is 0 Å². The molecule has 1 aliphatic rings. The van der Waals surface area contributed by atoms with Crippen LogP contribution in [0.1, 0.15) is 12.8 Å². The fourth-order valence-electron chi connectivity index (χ4n) is 1.53. The highest BCUT2D eigenvalue weighted by molar-refractivity contribution is 5.85. The van der Waals surface area contributed by atoms with Crippen LogP contribution in [-0.4, -0.2) is 19.5 Å². The van der Waals surface area contributed by atoms with Gasteiger partial charge in [0, 0.05) is 13.0 Å². The highest BCUT2D eigenvalue weighted by atomic mass is 35.5. The van der Waals surface area contributed by atoms with Crippen molar-refractivity contribution in [2.24, 2.45) is 4.99 Å². The first-order chi connectivity index (χ1) is 7.40. The highest BCUT2D eigenvalue weighted by Gasteiger charge is 2.06. The molecular weight excluding hydrogens is 226 g/mol. The number of hydrogen-bond acceptors (Lipinski definition) is 4. The average molecular weight is 242 g/mol. The van der Waals surface area contributed by atoms with Gasteiger partial charge >= 0.3 is 0 Å². The van der Waals surface area contributed by atoms with Gasteiger partial charge in [0.1, 0.15) is 11.6 Å². The zero-order chi connectivity index (χ0) is 10.5. The molecule has 0 saturated heterocycles. The van der Waals surface area contributed by atoms with Crippen LogP contribution in [-0.2, 0) is 0 Å². The molecule has 0 bridgehead atoms. The zero-order valence-corrected chi connectivity index (χ0v) is 10.0. The fraction of sp³-hybridized carbons (Fsp3) is 0.364. The lowest BCUT2D eigenvalue weighted by atomic mass is 10.3. The van der Waals surface area contributed by atoms with Crippen molar-refractivity contribution in [3.63, 3.8) is 0 Å². The van der Waals surface area contributed by atoms with Gasteiger partial charge < -0.3 is 4.74 Å². The molecule has 0 radical (unpaired) electrons. The van der Waals surface area contributed by atoms with E-state index >= 15 is 0 Å². The van der Waals surface area contributed by atoms with Crippen molar-refractivity contribution in [1.29, 1.82) is 0 Å². The summed E-state index contributed by atoms with van der Waals surface area (Å²) in [6.45, 7) is 0.927. The summed E-state index contributed by atoms with van der Waals surface area (Å²) >= 11 is 0. The van der Waals surface area contributed by atoms with E-state index < -0.39 is 0 Å². The lowest BCUT2D eigenvalue weighted by molar-refractivity contribution is 0.416. The van der Waals surface area contributed by atoms with Crippen LogP contribution in [0, 0.1) is 0 Å². The summed E-state index contributed by atoms with van der Waals surface area (Å²) in [5, 5.41) is 0. The Bertz CT molecular complexity index is 368. The van der Waals surface area contributed by atoms with Crippen molar-refractivity contribution in [2.45, 2.75) is 12.8 Å². The molecule has 1 aliphatic heterocycles. The minimum absolute atomic E-state index is 0. The van der Waals surface area contributed by atoms with Crippen LogP contribution in [0.15, 0.2) is 29.3 Å². The first kappa shape index (κ1) is 12.6. The number of nitrogens with one attached hydrogen (secondary N) is 2. The van der Waals surface area contributed by atoms with Gasteiger partial charge in [0.25, 0.3) is 0 Å². The number of hydrogen-bond donors (Lipinski definition) is 2. The maximum absolute atomic E-state index is 5.22. The number of ether oxygens (including phenoxy) is 1. The summed E-state index contributed by atoms with van der Waals surface area (Å²) in [7, 11) is 1.66. The Morgan fingerprint density at radius 3 is 2.75 bits per heavy atom. The third-order valence-electron chi connectivity index (χ3n) is 2.32. The number of hydrazine groups is 1. The van der Waals surface area contributed by atoms with E-state index in [1.165, 1.54) is 0 Å². The van der Waals surface area contributed by atoms with Gasteiger partial charge in [-0.2, -0.15) is 0 Å². The molecule has 5 heteroatoms. The van der Waals surface area contributed by atoms with Crippen molar-refractivity contribution >= 4 is 23.9 Å². The number of nitrogens with zero attached hydrogens (tertiary/aromatic N) is 1. The topological polar surface area (TPSA) is 45.6 Å². The lowest BCUT2D eigenvalue weighted by Gasteiger charge is -2.12. The maximum Gasteiger partial charge on any atom is 0.143 e. The zero-order valence-electron chi connectivity index (χ0n) is 9.19. The number of para-hydroxylation sites is 2. The quantitative estimate of drug-likeness (QED) is 0.798. The second-order valence-electron chi connectivity index (χ2n) is 3.38. The minimum Gasteiger partial charge on any atom is -0.495 e. The van der Waals surface area contributed by atoms with Crippen LogP contribution in [0.25, 0.3) is 0 Å². The average Bonchev–Trinajstić information content (AvgIpc) is 2.79. The van der Waals surface area contributed by atoms with Gasteiger partial charge in [-0.25, -0.2) is 0 Å². The standard InChI is InChI=1S/C11H15N3O.ClH/c1-15-10-6-3-2-5-9(10)13-14-11-7-4-8-12-11;/h2-3,5-6,13H,4,7-8H2,1H3,(H,12,14);1H. The Hall–Kier alpha value is -1.42. The smallest absolute Gasteiger partial charge is 0.143 e. The van der Waals surface area contributed by atoms with E-state index in [0.29, 0.717) is 0 Å². The predicted molar refractivity (Wildman–Crippen MR) is 68.5 cm³/mol. The monoisotopic (exact) mass is 241 g/mol. The summed E-state index contributed by atoms with van der Waals surface area (Å²) in [5.41, 5.74) is 7.12. The number of rotatable bonds is 3. The van der Waals surface area contributed by atoms with Crippen molar-refractivity contribution in [3.8, 4) is 5.75 Å². The molecular formula is C11H16ClN3O. The first-order valence-corrected chi connectivity index (χ1v) is 5.08. The molecule has 0 spiro atoms. The van der Waals surface area contributed by atoms with Crippen LogP contribution in [0.3, 0.4) is 0 Å². The van der Waals surface area contributed by atoms with Crippen LogP contribution >= 0.6 is 12.4 Å². The van der Waals surface area contributed by atoms with Crippen molar-refractivity contribution in [3.05, 3.63) is 24.3 Å². The molecule has 1 heterocycles. The number of methoxy groups -OCH3 is 1. The van der Waals surface area contributed by atoms with E-state index in [4.69, 9.17) is 4.74 Å². The third-order valence-corrected chi connectivity index (χ3v) is 2.32. The number of aliphatic imine (C=N–C) groups is 1. The summed E-state index contributed by atoms with van der Waals surface area (Å²) in [5.74, 6) is 1.84. The summed E-state index contributed by atoms with van der Waals surface area (Å²) < 4.78 is 5.22. The van der Waals surface area contributed by atoms with E-state index in [1.54, 1.807) is 7.11 Å². The lowest BCUT2D eigenvalue weighted by Crippen LogP contribution is -2.27. The van der Waals surface area contributed by atoms with Crippen LogP contribution in [0.4, 0.5) is 5.69 Å². The Kier molecular flexibility index (Phi) is 4.92. The Morgan fingerprint density at radius 1 is 1.25 bits per heavy atom. The summed E-state index contributed by atoms with van der Waals surface area (Å²) in [6, 6.07) is 7.78. The van der Waals surface area contributed by atoms with Gasteiger partial charge in [-0.15, -0.1) is 12.4 Å². The molecule has 0 amide bonds. The molecule has 0 fully saturated rings. The van der Waals surface area contributed by atoms with Crippen LogP contribution < -0.4 is 15.6 Å². The molecule has 0 aromatic heterocycles. The van der Waals surface area contributed by atoms with Gasteiger partial charge in [0.05, 0.1) is 12.8 Å². The van der Waals surface area contributed by atoms with E-state index in [2.05, 4.69) is 15.8 Å². The van der Waals surface area contributed by atoms with Crippen molar-refractivity contribution in [1.82, 2.24) is 5.43 Å². The second-order valence-corrected chi connectivity index (χ2v) is 3.38. The van der Waals surface area contributed by atoms with Gasteiger partial charge in [-0.1, -0.05) is 12.1 Å². The Balaban J connectivity index is 0.00000128. The SMILES string of the molecule is COc1ccccc1NNC1=NCCC1.Cl. The molecule has 4 nitrogen and oxygen atoms in total.